The summed E-state index contributed by atoms with van der Waals surface area (Å²) in [5.74, 6) is 0.137. The number of amides is 1. The molecule has 4 nitrogen and oxygen atoms in total. The van der Waals surface area contributed by atoms with E-state index in [0.717, 1.165) is 44.5 Å². The average Bonchev–Trinajstić information content (AvgIpc) is 3.02. The van der Waals surface area contributed by atoms with Crippen molar-refractivity contribution in [3.05, 3.63) is 95.0 Å². The second-order valence-electron chi connectivity index (χ2n) is 7.64. The minimum absolute atomic E-state index is 0.435. The number of carbonyl (C=O) groups is 1. The Kier molecular flexibility index (Phi) is 18.7. The number of nitrogens with one attached hydrogen (secondary N) is 1. The van der Waals surface area contributed by atoms with Gasteiger partial charge in [0.1, 0.15) is 0 Å². The summed E-state index contributed by atoms with van der Waals surface area (Å²) in [7, 11) is 0. The molecule has 0 fully saturated rings. The van der Waals surface area contributed by atoms with Crippen molar-refractivity contribution < 1.29 is 10.0 Å². The van der Waals surface area contributed by atoms with Gasteiger partial charge in [0.2, 0.25) is 0 Å². The second-order valence-corrected chi connectivity index (χ2v) is 8.65. The molecular weight excluding hydrogens is 440 g/mol. The molecule has 1 aliphatic rings. The van der Waals surface area contributed by atoms with Crippen molar-refractivity contribution in [3.63, 3.8) is 0 Å². The lowest BCUT2D eigenvalue weighted by atomic mass is 10.0. The molecule has 34 heavy (non-hydrogen) atoms. The zero-order valence-electron chi connectivity index (χ0n) is 21.8. The Bertz CT molecular complexity index is 829. The molecule has 0 aromatic heterocycles. The van der Waals surface area contributed by atoms with Gasteiger partial charge in [0.05, 0.1) is 4.91 Å². The molecule has 2 N–H and O–H groups in total. The van der Waals surface area contributed by atoms with Crippen LogP contribution in [0.4, 0.5) is 0 Å². The molecule has 1 aliphatic carbocycles. The van der Waals surface area contributed by atoms with E-state index < -0.39 is 5.91 Å². The summed E-state index contributed by atoms with van der Waals surface area (Å²) in [5.41, 5.74) is 6.61. The Morgan fingerprint density at radius 1 is 1.26 bits per heavy atom. The summed E-state index contributed by atoms with van der Waals surface area (Å²) >= 11 is 1.39. The van der Waals surface area contributed by atoms with Crippen LogP contribution in [0, 0.1) is 0 Å². The van der Waals surface area contributed by atoms with Crippen molar-refractivity contribution in [2.75, 3.05) is 25.4 Å². The summed E-state index contributed by atoms with van der Waals surface area (Å²) in [5, 5.41) is 8.95. The van der Waals surface area contributed by atoms with Crippen LogP contribution in [0.2, 0.25) is 0 Å². The van der Waals surface area contributed by atoms with Crippen molar-refractivity contribution >= 4 is 17.7 Å². The van der Waals surface area contributed by atoms with Gasteiger partial charge in [0.15, 0.2) is 0 Å². The molecule has 0 aromatic rings. The summed E-state index contributed by atoms with van der Waals surface area (Å²) in [6, 6.07) is 0. The molecule has 0 aliphatic heterocycles. The predicted octanol–water partition coefficient (Wildman–Crippen LogP) is 7.31. The van der Waals surface area contributed by atoms with E-state index in [1.807, 2.05) is 39.0 Å². The summed E-state index contributed by atoms with van der Waals surface area (Å²) < 4.78 is 0. The van der Waals surface area contributed by atoms with Crippen molar-refractivity contribution in [3.8, 4) is 0 Å². The molecular formula is C29H44N2O2S. The first kappa shape index (κ1) is 31.7. The molecule has 5 heteroatoms. The van der Waals surface area contributed by atoms with Gasteiger partial charge in [-0.3, -0.25) is 14.9 Å². The smallest absolute Gasteiger partial charge is 0.281 e. The van der Waals surface area contributed by atoms with Gasteiger partial charge in [0, 0.05) is 18.8 Å². The molecule has 0 saturated heterocycles. The molecule has 188 valence electrons. The van der Waals surface area contributed by atoms with Crippen LogP contribution in [-0.2, 0) is 4.79 Å². The number of carbonyl (C=O) groups excluding carboxylic acids is 1. The largest absolute Gasteiger partial charge is 0.299 e. The van der Waals surface area contributed by atoms with Crippen LogP contribution in [0.15, 0.2) is 95.0 Å². The molecule has 0 aromatic carbocycles. The summed E-state index contributed by atoms with van der Waals surface area (Å²) in [4.78, 5) is 14.7. The van der Waals surface area contributed by atoms with Crippen molar-refractivity contribution in [1.82, 2.24) is 10.4 Å². The second kappa shape index (κ2) is 20.1. The maximum absolute atomic E-state index is 11.8. The lowest BCUT2D eigenvalue weighted by Crippen LogP contribution is -2.28. The quantitative estimate of drug-likeness (QED) is 0.117. The van der Waals surface area contributed by atoms with Gasteiger partial charge in [-0.15, -0.1) is 11.8 Å². The molecule has 1 rings (SSSR count). The minimum atomic E-state index is -0.513. The van der Waals surface area contributed by atoms with E-state index in [1.54, 1.807) is 17.6 Å². The van der Waals surface area contributed by atoms with Gasteiger partial charge < -0.3 is 0 Å². The highest BCUT2D eigenvalue weighted by Gasteiger charge is 2.13. The van der Waals surface area contributed by atoms with Gasteiger partial charge in [0.25, 0.3) is 5.91 Å². The lowest BCUT2D eigenvalue weighted by molar-refractivity contribution is -0.124. The minimum Gasteiger partial charge on any atom is -0.299 e. The van der Waals surface area contributed by atoms with E-state index in [4.69, 9.17) is 5.21 Å². The molecule has 1 amide bonds. The normalized spacial score (nSPS) is 14.2. The summed E-state index contributed by atoms with van der Waals surface area (Å²) in [6.45, 7) is 21.1. The Hall–Kier alpha value is -2.34. The fourth-order valence-electron chi connectivity index (χ4n) is 3.21. The molecule has 0 spiro atoms. The molecule has 0 radical (unpaired) electrons. The van der Waals surface area contributed by atoms with Crippen LogP contribution < -0.4 is 5.48 Å². The first-order valence-electron chi connectivity index (χ1n) is 12.1. The number of nitrogens with zero attached hydrogens (tertiary/aromatic N) is 1. The number of thioether (sulfide) groups is 1. The van der Waals surface area contributed by atoms with E-state index in [9.17, 15) is 4.79 Å². The monoisotopic (exact) mass is 484 g/mol. The summed E-state index contributed by atoms with van der Waals surface area (Å²) in [6.07, 6.45) is 20.9. The van der Waals surface area contributed by atoms with E-state index >= 15 is 0 Å². The first-order valence-corrected chi connectivity index (χ1v) is 13.1. The molecule has 0 unspecified atom stereocenters. The Labute approximate surface area is 212 Å². The fourth-order valence-corrected chi connectivity index (χ4v) is 4.11. The van der Waals surface area contributed by atoms with Gasteiger partial charge in [-0.1, -0.05) is 93.7 Å². The highest BCUT2D eigenvalue weighted by Crippen LogP contribution is 2.25. The van der Waals surface area contributed by atoms with E-state index in [2.05, 4.69) is 56.2 Å². The van der Waals surface area contributed by atoms with Crippen molar-refractivity contribution in [1.29, 1.82) is 0 Å². The lowest BCUT2D eigenvalue weighted by Gasteiger charge is -2.24. The van der Waals surface area contributed by atoms with Gasteiger partial charge in [-0.05, 0) is 56.9 Å². The van der Waals surface area contributed by atoms with Gasteiger partial charge >= 0.3 is 0 Å². The third kappa shape index (κ3) is 13.4. The SMILES string of the molecule is C=C/C=C(\SCC1=CCC=C(C)C(CN(CCC)CCC(=C)/C=C\C=C/C)=C1)C(=O)NO.CC. The van der Waals surface area contributed by atoms with E-state index in [0.29, 0.717) is 10.7 Å². The fraction of sp³-hybridized carbons (Fsp3) is 0.414. The maximum atomic E-state index is 11.8. The number of hydrogen-bond donors (Lipinski definition) is 2. The highest BCUT2D eigenvalue weighted by atomic mass is 32.2. The number of allylic oxidation sites excluding steroid dienone is 9. The molecule has 0 saturated carbocycles. The van der Waals surface area contributed by atoms with Crippen LogP contribution >= 0.6 is 11.8 Å². The van der Waals surface area contributed by atoms with E-state index in [1.165, 1.54) is 28.5 Å². The Balaban J connectivity index is 0.00000529. The topological polar surface area (TPSA) is 52.6 Å². The van der Waals surface area contributed by atoms with E-state index in [-0.39, 0.29) is 0 Å². The number of hydroxylamine groups is 1. The third-order valence-electron chi connectivity index (χ3n) is 4.98. The van der Waals surface area contributed by atoms with Crippen LogP contribution in [0.25, 0.3) is 0 Å². The van der Waals surface area contributed by atoms with Crippen molar-refractivity contribution in [2.24, 2.45) is 0 Å². The zero-order chi connectivity index (χ0) is 25.8. The van der Waals surface area contributed by atoms with Crippen LogP contribution in [0.1, 0.15) is 53.9 Å². The third-order valence-corrected chi connectivity index (χ3v) is 6.09. The highest BCUT2D eigenvalue weighted by molar-refractivity contribution is 8.04. The number of hydrogen-bond acceptors (Lipinski definition) is 4. The van der Waals surface area contributed by atoms with Crippen molar-refractivity contribution in [2.45, 2.75) is 53.9 Å². The number of rotatable bonds is 14. The Morgan fingerprint density at radius 2 is 2.00 bits per heavy atom. The Morgan fingerprint density at radius 3 is 2.62 bits per heavy atom. The zero-order valence-corrected chi connectivity index (χ0v) is 22.6. The molecule has 0 heterocycles. The van der Waals surface area contributed by atoms with Gasteiger partial charge in [-0.25, -0.2) is 5.48 Å². The average molecular weight is 485 g/mol. The van der Waals surface area contributed by atoms with Crippen LogP contribution in [0.3, 0.4) is 0 Å². The first-order chi connectivity index (χ1) is 16.4. The standard InChI is InChI=1S/C27H38N2O2S.C2H6/c1-6-9-10-13-22(4)16-18-29(17-8-3)20-25-19-24(15-11-14-23(25)5)21-32-26(12-7-2)27(30)28-31;1-2/h6-7,9-10,12-15,19,31H,2,4,8,11,16-18,20-21H2,1,3,5H3,(H,28,30);1-2H3/b9-6-,13-10-,26-12-;. The van der Waals surface area contributed by atoms with Crippen LogP contribution in [-0.4, -0.2) is 41.4 Å². The molecule has 0 bridgehead atoms. The van der Waals surface area contributed by atoms with Gasteiger partial charge in [-0.2, -0.15) is 0 Å². The molecule has 0 atom stereocenters. The maximum Gasteiger partial charge on any atom is 0.281 e. The predicted molar refractivity (Wildman–Crippen MR) is 151 cm³/mol. The van der Waals surface area contributed by atoms with Crippen LogP contribution in [0.5, 0.6) is 0 Å².